The SMILES string of the molecule is CN=C(NC)SCCN(C)C. The van der Waals surface area contributed by atoms with Gasteiger partial charge in [-0.3, -0.25) is 4.99 Å². The van der Waals surface area contributed by atoms with E-state index >= 15 is 0 Å². The van der Waals surface area contributed by atoms with Crippen LogP contribution in [0.25, 0.3) is 0 Å². The second-order valence-electron chi connectivity index (χ2n) is 2.43. The fraction of sp³-hybridized carbons (Fsp3) is 0.857. The molecule has 3 nitrogen and oxygen atoms in total. The number of thioether (sulfide) groups is 1. The molecule has 0 unspecified atom stereocenters. The van der Waals surface area contributed by atoms with E-state index in [9.17, 15) is 0 Å². The van der Waals surface area contributed by atoms with Crippen LogP contribution in [-0.4, -0.2) is 50.6 Å². The van der Waals surface area contributed by atoms with Crippen LogP contribution in [-0.2, 0) is 0 Å². The molecule has 0 fully saturated rings. The maximum Gasteiger partial charge on any atom is 0.156 e. The number of hydrogen-bond donors (Lipinski definition) is 1. The highest BCUT2D eigenvalue weighted by atomic mass is 32.2. The van der Waals surface area contributed by atoms with E-state index < -0.39 is 0 Å². The molecular weight excluding hydrogens is 158 g/mol. The zero-order chi connectivity index (χ0) is 8.69. The fourth-order valence-corrected chi connectivity index (χ4v) is 1.50. The van der Waals surface area contributed by atoms with Crippen molar-refractivity contribution in [3.05, 3.63) is 0 Å². The molecular formula is C7H17N3S. The lowest BCUT2D eigenvalue weighted by atomic mass is 10.7. The molecule has 0 spiro atoms. The highest BCUT2D eigenvalue weighted by molar-refractivity contribution is 8.13. The van der Waals surface area contributed by atoms with Crippen molar-refractivity contribution in [1.82, 2.24) is 10.2 Å². The number of amidine groups is 1. The number of nitrogens with zero attached hydrogens (tertiary/aromatic N) is 2. The van der Waals surface area contributed by atoms with Crippen molar-refractivity contribution < 1.29 is 0 Å². The van der Waals surface area contributed by atoms with E-state index in [0.717, 1.165) is 17.5 Å². The molecule has 0 atom stereocenters. The second-order valence-corrected chi connectivity index (χ2v) is 3.51. The summed E-state index contributed by atoms with van der Waals surface area (Å²) >= 11 is 1.75. The fourth-order valence-electron chi connectivity index (χ4n) is 0.573. The van der Waals surface area contributed by atoms with Gasteiger partial charge in [-0.2, -0.15) is 0 Å². The van der Waals surface area contributed by atoms with Crippen LogP contribution in [0.3, 0.4) is 0 Å². The predicted octanol–water partition coefficient (Wildman–Crippen LogP) is 0.486. The minimum Gasteiger partial charge on any atom is -0.368 e. The molecule has 0 radical (unpaired) electrons. The zero-order valence-electron chi connectivity index (χ0n) is 7.72. The van der Waals surface area contributed by atoms with Crippen molar-refractivity contribution in [3.8, 4) is 0 Å². The van der Waals surface area contributed by atoms with Crippen molar-refractivity contribution in [2.45, 2.75) is 0 Å². The van der Waals surface area contributed by atoms with E-state index in [1.807, 2.05) is 7.05 Å². The van der Waals surface area contributed by atoms with Gasteiger partial charge in [-0.15, -0.1) is 0 Å². The Kier molecular flexibility index (Phi) is 6.36. The van der Waals surface area contributed by atoms with Gasteiger partial charge in [0.05, 0.1) is 0 Å². The van der Waals surface area contributed by atoms with Gasteiger partial charge >= 0.3 is 0 Å². The summed E-state index contributed by atoms with van der Waals surface area (Å²) in [5.41, 5.74) is 0. The Labute approximate surface area is 73.3 Å². The average molecular weight is 175 g/mol. The van der Waals surface area contributed by atoms with Gasteiger partial charge in [-0.25, -0.2) is 0 Å². The van der Waals surface area contributed by atoms with Crippen LogP contribution >= 0.6 is 11.8 Å². The van der Waals surface area contributed by atoms with Crippen LogP contribution in [0.1, 0.15) is 0 Å². The summed E-state index contributed by atoms with van der Waals surface area (Å²) in [6.07, 6.45) is 0. The quantitative estimate of drug-likeness (QED) is 0.499. The van der Waals surface area contributed by atoms with Crippen molar-refractivity contribution >= 4 is 16.9 Å². The summed E-state index contributed by atoms with van der Waals surface area (Å²) < 4.78 is 0. The molecule has 0 aliphatic carbocycles. The lowest BCUT2D eigenvalue weighted by molar-refractivity contribution is 0.437. The molecule has 66 valence electrons. The van der Waals surface area contributed by atoms with Gasteiger partial charge in [0.25, 0.3) is 0 Å². The first-order chi connectivity index (χ1) is 5.20. The molecule has 0 aromatic heterocycles. The van der Waals surface area contributed by atoms with Gasteiger partial charge in [-0.05, 0) is 14.1 Å². The first kappa shape index (κ1) is 10.8. The maximum atomic E-state index is 4.05. The van der Waals surface area contributed by atoms with E-state index in [1.54, 1.807) is 18.8 Å². The van der Waals surface area contributed by atoms with Crippen molar-refractivity contribution in [2.75, 3.05) is 40.5 Å². The normalized spacial score (nSPS) is 12.3. The average Bonchev–Trinajstić information content (AvgIpc) is 1.98. The van der Waals surface area contributed by atoms with Gasteiger partial charge in [-0.1, -0.05) is 11.8 Å². The van der Waals surface area contributed by atoms with Crippen LogP contribution in [0.4, 0.5) is 0 Å². The molecule has 11 heavy (non-hydrogen) atoms. The Morgan fingerprint density at radius 1 is 1.55 bits per heavy atom. The topological polar surface area (TPSA) is 27.6 Å². The van der Waals surface area contributed by atoms with Crippen LogP contribution in [0.15, 0.2) is 4.99 Å². The van der Waals surface area contributed by atoms with Crippen LogP contribution < -0.4 is 5.32 Å². The Hall–Kier alpha value is -0.220. The zero-order valence-corrected chi connectivity index (χ0v) is 8.53. The number of rotatable bonds is 3. The third-order valence-corrected chi connectivity index (χ3v) is 2.24. The van der Waals surface area contributed by atoms with Crippen LogP contribution in [0.2, 0.25) is 0 Å². The Morgan fingerprint density at radius 2 is 2.18 bits per heavy atom. The Morgan fingerprint density at radius 3 is 2.55 bits per heavy atom. The van der Waals surface area contributed by atoms with Gasteiger partial charge in [0.1, 0.15) is 0 Å². The molecule has 0 aromatic rings. The van der Waals surface area contributed by atoms with E-state index in [2.05, 4.69) is 29.3 Å². The standard InChI is InChI=1S/C7H17N3S/c1-8-7(9-2)11-6-5-10(3)4/h5-6H2,1-4H3,(H,8,9). The summed E-state index contributed by atoms with van der Waals surface area (Å²) in [6.45, 7) is 1.09. The number of hydrogen-bond acceptors (Lipinski definition) is 3. The first-order valence-electron chi connectivity index (χ1n) is 3.62. The van der Waals surface area contributed by atoms with E-state index in [1.165, 1.54) is 0 Å². The predicted molar refractivity (Wildman–Crippen MR) is 53.4 cm³/mol. The van der Waals surface area contributed by atoms with E-state index in [-0.39, 0.29) is 0 Å². The molecule has 0 amide bonds. The van der Waals surface area contributed by atoms with E-state index in [4.69, 9.17) is 0 Å². The van der Waals surface area contributed by atoms with Gasteiger partial charge in [0.2, 0.25) is 0 Å². The van der Waals surface area contributed by atoms with Gasteiger partial charge in [0, 0.05) is 26.4 Å². The van der Waals surface area contributed by atoms with E-state index in [0.29, 0.717) is 0 Å². The lowest BCUT2D eigenvalue weighted by Gasteiger charge is -2.09. The van der Waals surface area contributed by atoms with Crippen molar-refractivity contribution in [3.63, 3.8) is 0 Å². The summed E-state index contributed by atoms with van der Waals surface area (Å²) in [5, 5.41) is 4.03. The number of nitrogens with one attached hydrogen (secondary N) is 1. The molecule has 0 bridgehead atoms. The third-order valence-electron chi connectivity index (χ3n) is 1.19. The molecule has 0 aliphatic rings. The van der Waals surface area contributed by atoms with Crippen LogP contribution in [0, 0.1) is 0 Å². The Balaban J connectivity index is 3.37. The molecule has 0 aromatic carbocycles. The third kappa shape index (κ3) is 6.19. The smallest absolute Gasteiger partial charge is 0.156 e. The minimum absolute atomic E-state index is 1.01. The summed E-state index contributed by atoms with van der Waals surface area (Å²) in [4.78, 5) is 6.22. The monoisotopic (exact) mass is 175 g/mol. The second kappa shape index (κ2) is 6.49. The molecule has 0 rings (SSSR count). The lowest BCUT2D eigenvalue weighted by Crippen LogP contribution is -2.19. The Bertz CT molecular complexity index is 123. The maximum absolute atomic E-state index is 4.05. The van der Waals surface area contributed by atoms with Crippen LogP contribution in [0.5, 0.6) is 0 Å². The molecule has 1 N–H and O–H groups in total. The summed E-state index contributed by atoms with van der Waals surface area (Å²) in [5.74, 6) is 1.08. The van der Waals surface area contributed by atoms with Crippen molar-refractivity contribution in [2.24, 2.45) is 4.99 Å². The first-order valence-corrected chi connectivity index (χ1v) is 4.61. The largest absolute Gasteiger partial charge is 0.368 e. The molecule has 4 heteroatoms. The van der Waals surface area contributed by atoms with Gasteiger partial charge in [0.15, 0.2) is 5.17 Å². The highest BCUT2D eigenvalue weighted by Crippen LogP contribution is 2.00. The highest BCUT2D eigenvalue weighted by Gasteiger charge is 1.95. The molecule has 0 aliphatic heterocycles. The van der Waals surface area contributed by atoms with Crippen molar-refractivity contribution in [1.29, 1.82) is 0 Å². The minimum atomic E-state index is 1.01. The number of aliphatic imine (C=N–C) groups is 1. The molecule has 0 saturated heterocycles. The van der Waals surface area contributed by atoms with Gasteiger partial charge < -0.3 is 10.2 Å². The molecule has 0 heterocycles. The summed E-state index contributed by atoms with van der Waals surface area (Å²) in [7, 11) is 7.84. The summed E-state index contributed by atoms with van der Waals surface area (Å²) in [6, 6.07) is 0. The molecule has 0 saturated carbocycles.